The zero-order valence-electron chi connectivity index (χ0n) is 9.74. The molecule has 4 nitrogen and oxygen atoms in total. The second kappa shape index (κ2) is 4.37. The van der Waals surface area contributed by atoms with Crippen molar-refractivity contribution in [2.45, 2.75) is 25.9 Å². The molecule has 2 aliphatic heterocycles. The van der Waals surface area contributed by atoms with Gasteiger partial charge in [0.25, 0.3) is 0 Å². The molecular weight excluding hydrogens is 192 g/mol. The zero-order chi connectivity index (χ0) is 10.9. The minimum atomic E-state index is 0.117. The monoisotopic (exact) mass is 214 g/mol. The van der Waals surface area contributed by atoms with Gasteiger partial charge in [0.05, 0.1) is 26.4 Å². The molecule has 2 N–H and O–H groups in total. The van der Waals surface area contributed by atoms with Gasteiger partial charge in [-0.3, -0.25) is 4.90 Å². The van der Waals surface area contributed by atoms with Crippen LogP contribution >= 0.6 is 0 Å². The molecule has 2 aliphatic rings. The van der Waals surface area contributed by atoms with Gasteiger partial charge in [-0.2, -0.15) is 0 Å². The van der Waals surface area contributed by atoms with Gasteiger partial charge in [0, 0.05) is 30.6 Å². The third kappa shape index (κ3) is 2.33. The Kier molecular flexibility index (Phi) is 3.30. The van der Waals surface area contributed by atoms with E-state index in [1.165, 1.54) is 0 Å². The van der Waals surface area contributed by atoms with Crippen molar-refractivity contribution in [3.63, 3.8) is 0 Å². The van der Waals surface area contributed by atoms with E-state index in [0.717, 1.165) is 32.9 Å². The van der Waals surface area contributed by atoms with Gasteiger partial charge in [0.1, 0.15) is 0 Å². The number of rotatable bonds is 2. The molecule has 0 aromatic rings. The summed E-state index contributed by atoms with van der Waals surface area (Å²) in [6, 6.07) is 0.677. The topological polar surface area (TPSA) is 47.7 Å². The van der Waals surface area contributed by atoms with E-state index in [4.69, 9.17) is 15.2 Å². The third-order valence-electron chi connectivity index (χ3n) is 3.69. The molecular formula is C11H22N2O2. The molecule has 0 aromatic heterocycles. The van der Waals surface area contributed by atoms with Gasteiger partial charge in [-0.05, 0) is 6.92 Å². The summed E-state index contributed by atoms with van der Waals surface area (Å²) in [6.07, 6.45) is 0. The number of morpholine rings is 1. The van der Waals surface area contributed by atoms with E-state index in [2.05, 4.69) is 18.7 Å². The van der Waals surface area contributed by atoms with Crippen molar-refractivity contribution in [2.24, 2.45) is 11.1 Å². The Morgan fingerprint density at radius 3 is 2.80 bits per heavy atom. The lowest BCUT2D eigenvalue weighted by molar-refractivity contribution is -0.0207. The van der Waals surface area contributed by atoms with E-state index >= 15 is 0 Å². The van der Waals surface area contributed by atoms with Crippen molar-refractivity contribution in [3.8, 4) is 0 Å². The van der Waals surface area contributed by atoms with Crippen molar-refractivity contribution in [2.75, 3.05) is 39.5 Å². The highest BCUT2D eigenvalue weighted by Gasteiger charge is 2.40. The summed E-state index contributed by atoms with van der Waals surface area (Å²) in [5, 5.41) is 0. The van der Waals surface area contributed by atoms with Crippen LogP contribution in [-0.4, -0.2) is 56.5 Å². The maximum Gasteiger partial charge on any atom is 0.0624 e. The zero-order valence-corrected chi connectivity index (χ0v) is 9.74. The first kappa shape index (κ1) is 11.3. The molecule has 2 rings (SSSR count). The molecule has 2 heterocycles. The largest absolute Gasteiger partial charge is 0.379 e. The van der Waals surface area contributed by atoms with Gasteiger partial charge in [0.2, 0.25) is 0 Å². The molecule has 0 aliphatic carbocycles. The molecule has 0 radical (unpaired) electrons. The standard InChI is InChI=1S/C11H22N2O2/c1-9-5-14-4-3-13(9)7-11(2)8-15-6-10(11)12/h9-10H,3-8,12H2,1-2H3. The van der Waals surface area contributed by atoms with Crippen LogP contribution in [0.4, 0.5) is 0 Å². The Morgan fingerprint density at radius 2 is 2.20 bits per heavy atom. The van der Waals surface area contributed by atoms with E-state index in [9.17, 15) is 0 Å². The maximum absolute atomic E-state index is 6.09. The fourth-order valence-electron chi connectivity index (χ4n) is 2.35. The molecule has 3 atom stereocenters. The van der Waals surface area contributed by atoms with E-state index in [1.54, 1.807) is 0 Å². The van der Waals surface area contributed by atoms with Crippen LogP contribution in [0, 0.1) is 5.41 Å². The van der Waals surface area contributed by atoms with Gasteiger partial charge in [-0.25, -0.2) is 0 Å². The quantitative estimate of drug-likeness (QED) is 0.707. The molecule has 2 fully saturated rings. The van der Waals surface area contributed by atoms with E-state index in [0.29, 0.717) is 12.6 Å². The van der Waals surface area contributed by atoms with Crippen molar-refractivity contribution >= 4 is 0 Å². The first-order chi connectivity index (χ1) is 7.12. The van der Waals surface area contributed by atoms with Crippen molar-refractivity contribution in [1.29, 1.82) is 0 Å². The summed E-state index contributed by atoms with van der Waals surface area (Å²) in [6.45, 7) is 9.66. The van der Waals surface area contributed by atoms with Gasteiger partial charge in [-0.1, -0.05) is 6.92 Å². The van der Waals surface area contributed by atoms with Crippen LogP contribution in [-0.2, 0) is 9.47 Å². The predicted octanol–water partition coefficient (Wildman–Crippen LogP) is 0.0709. The van der Waals surface area contributed by atoms with Gasteiger partial charge < -0.3 is 15.2 Å². The second-order valence-electron chi connectivity index (χ2n) is 5.17. The summed E-state index contributed by atoms with van der Waals surface area (Å²) in [7, 11) is 0. The average Bonchev–Trinajstić information content (AvgIpc) is 2.51. The lowest BCUT2D eigenvalue weighted by atomic mass is 9.85. The van der Waals surface area contributed by atoms with Crippen molar-refractivity contribution in [3.05, 3.63) is 0 Å². The Hall–Kier alpha value is -0.160. The summed E-state index contributed by atoms with van der Waals surface area (Å²) in [5.74, 6) is 0. The number of hydrogen-bond donors (Lipinski definition) is 1. The summed E-state index contributed by atoms with van der Waals surface area (Å²) < 4.78 is 10.9. The molecule has 4 heteroatoms. The highest BCUT2D eigenvalue weighted by molar-refractivity contribution is 4.93. The van der Waals surface area contributed by atoms with Crippen molar-refractivity contribution in [1.82, 2.24) is 4.90 Å². The molecule has 3 unspecified atom stereocenters. The predicted molar refractivity (Wildman–Crippen MR) is 58.8 cm³/mol. The van der Waals surface area contributed by atoms with E-state index in [1.807, 2.05) is 0 Å². The van der Waals surface area contributed by atoms with Crippen LogP contribution in [0.5, 0.6) is 0 Å². The molecule has 88 valence electrons. The SMILES string of the molecule is CC1COCCN1CC1(C)COCC1N. The molecule has 0 aromatic carbocycles. The lowest BCUT2D eigenvalue weighted by Crippen LogP contribution is -2.52. The Bertz CT molecular complexity index is 225. The Labute approximate surface area is 91.7 Å². The number of nitrogens with zero attached hydrogens (tertiary/aromatic N) is 1. The summed E-state index contributed by atoms with van der Waals surface area (Å²) in [4.78, 5) is 2.47. The Balaban J connectivity index is 1.94. The van der Waals surface area contributed by atoms with Gasteiger partial charge in [-0.15, -0.1) is 0 Å². The van der Waals surface area contributed by atoms with Gasteiger partial charge >= 0.3 is 0 Å². The molecule has 0 saturated carbocycles. The minimum Gasteiger partial charge on any atom is -0.379 e. The first-order valence-electron chi connectivity index (χ1n) is 5.77. The van der Waals surface area contributed by atoms with E-state index in [-0.39, 0.29) is 11.5 Å². The minimum absolute atomic E-state index is 0.117. The highest BCUT2D eigenvalue weighted by atomic mass is 16.5. The number of hydrogen-bond acceptors (Lipinski definition) is 4. The van der Waals surface area contributed by atoms with Crippen LogP contribution in [0.15, 0.2) is 0 Å². The number of nitrogens with two attached hydrogens (primary N) is 1. The summed E-state index contributed by atoms with van der Waals surface area (Å²) in [5.41, 5.74) is 6.21. The Morgan fingerprint density at radius 1 is 1.40 bits per heavy atom. The maximum atomic E-state index is 6.09. The molecule has 0 amide bonds. The van der Waals surface area contributed by atoms with Crippen LogP contribution in [0.3, 0.4) is 0 Å². The van der Waals surface area contributed by atoms with Crippen LogP contribution in [0.2, 0.25) is 0 Å². The van der Waals surface area contributed by atoms with Crippen LogP contribution in [0.1, 0.15) is 13.8 Å². The number of ether oxygens (including phenoxy) is 2. The molecule has 0 bridgehead atoms. The third-order valence-corrected chi connectivity index (χ3v) is 3.69. The smallest absolute Gasteiger partial charge is 0.0624 e. The second-order valence-corrected chi connectivity index (χ2v) is 5.17. The molecule has 0 spiro atoms. The summed E-state index contributed by atoms with van der Waals surface area (Å²) >= 11 is 0. The van der Waals surface area contributed by atoms with Crippen LogP contribution in [0.25, 0.3) is 0 Å². The highest BCUT2D eigenvalue weighted by Crippen LogP contribution is 2.29. The molecule has 15 heavy (non-hydrogen) atoms. The fourth-order valence-corrected chi connectivity index (χ4v) is 2.35. The van der Waals surface area contributed by atoms with E-state index < -0.39 is 0 Å². The first-order valence-corrected chi connectivity index (χ1v) is 5.77. The molecule has 2 saturated heterocycles. The van der Waals surface area contributed by atoms with Gasteiger partial charge in [0.15, 0.2) is 0 Å². The normalized spacial score (nSPS) is 43.4. The van der Waals surface area contributed by atoms with Crippen LogP contribution < -0.4 is 5.73 Å². The van der Waals surface area contributed by atoms with Crippen molar-refractivity contribution < 1.29 is 9.47 Å². The lowest BCUT2D eigenvalue weighted by Gasteiger charge is -2.39. The fraction of sp³-hybridized carbons (Fsp3) is 1.00. The average molecular weight is 214 g/mol.